The lowest BCUT2D eigenvalue weighted by Crippen LogP contribution is -2.46. The first-order valence-electron chi connectivity index (χ1n) is 11.9. The summed E-state index contributed by atoms with van der Waals surface area (Å²) < 4.78 is 0. The highest BCUT2D eigenvalue weighted by Crippen LogP contribution is 2.30. The molecule has 2 aromatic rings. The minimum atomic E-state index is 0.461. The van der Waals surface area contributed by atoms with Crippen LogP contribution in [0.5, 0.6) is 0 Å². The molecule has 2 aliphatic rings. The van der Waals surface area contributed by atoms with Gasteiger partial charge in [-0.3, -0.25) is 0 Å². The predicted octanol–water partition coefficient (Wildman–Crippen LogP) is 4.80. The molecule has 1 saturated carbocycles. The van der Waals surface area contributed by atoms with Crippen molar-refractivity contribution < 1.29 is 0 Å². The molecule has 1 saturated heterocycles. The molecular formula is C25H37N5S. The van der Waals surface area contributed by atoms with Crippen molar-refractivity contribution in [1.29, 1.82) is 0 Å². The number of rotatable bonds is 4. The highest BCUT2D eigenvalue weighted by molar-refractivity contribution is 7.80. The SMILES string of the molecule is CCN1CCN(c2cc(C)c3cc(NC(=S)N[C@@H]4CCC[C@H](C)[C@@H]4C)ccc3n2)CC1. The van der Waals surface area contributed by atoms with Gasteiger partial charge in [-0.25, -0.2) is 4.98 Å². The fourth-order valence-corrected chi connectivity index (χ4v) is 5.30. The summed E-state index contributed by atoms with van der Waals surface area (Å²) in [5.74, 6) is 2.50. The molecule has 0 radical (unpaired) electrons. The molecule has 1 aromatic carbocycles. The zero-order chi connectivity index (χ0) is 22.0. The number of likely N-dealkylation sites (N-methyl/N-ethyl adjacent to an activating group) is 1. The van der Waals surface area contributed by atoms with Gasteiger partial charge in [0.1, 0.15) is 5.82 Å². The Labute approximate surface area is 192 Å². The van der Waals surface area contributed by atoms with Crippen LogP contribution in [0, 0.1) is 18.8 Å². The number of hydrogen-bond donors (Lipinski definition) is 2. The first-order valence-corrected chi connectivity index (χ1v) is 12.3. The zero-order valence-electron chi connectivity index (χ0n) is 19.4. The monoisotopic (exact) mass is 439 g/mol. The number of aromatic nitrogens is 1. The van der Waals surface area contributed by atoms with E-state index < -0.39 is 0 Å². The van der Waals surface area contributed by atoms with Crippen LogP contribution in [-0.4, -0.2) is 53.8 Å². The van der Waals surface area contributed by atoms with Gasteiger partial charge < -0.3 is 20.4 Å². The highest BCUT2D eigenvalue weighted by Gasteiger charge is 2.27. The number of nitrogens with one attached hydrogen (secondary N) is 2. The van der Waals surface area contributed by atoms with Gasteiger partial charge >= 0.3 is 0 Å². The van der Waals surface area contributed by atoms with Crippen LogP contribution in [-0.2, 0) is 0 Å². The molecule has 2 N–H and O–H groups in total. The van der Waals surface area contributed by atoms with E-state index in [0.717, 1.165) is 60.8 Å². The topological polar surface area (TPSA) is 43.4 Å². The van der Waals surface area contributed by atoms with Crippen LogP contribution in [0.4, 0.5) is 11.5 Å². The Hall–Kier alpha value is -1.92. The minimum absolute atomic E-state index is 0.461. The number of thiocarbonyl (C=S) groups is 1. The Bertz CT molecular complexity index is 922. The van der Waals surface area contributed by atoms with Crippen molar-refractivity contribution in [3.8, 4) is 0 Å². The largest absolute Gasteiger partial charge is 0.359 e. The van der Waals surface area contributed by atoms with Crippen molar-refractivity contribution >= 4 is 39.7 Å². The lowest BCUT2D eigenvalue weighted by atomic mass is 9.78. The smallest absolute Gasteiger partial charge is 0.171 e. The predicted molar refractivity (Wildman–Crippen MR) is 136 cm³/mol. The Kier molecular flexibility index (Phi) is 6.97. The van der Waals surface area contributed by atoms with E-state index in [1.165, 1.54) is 30.2 Å². The van der Waals surface area contributed by atoms with Crippen molar-refractivity contribution in [2.75, 3.05) is 42.9 Å². The molecule has 2 fully saturated rings. The maximum atomic E-state index is 5.64. The summed E-state index contributed by atoms with van der Waals surface area (Å²) in [5.41, 5.74) is 3.33. The maximum Gasteiger partial charge on any atom is 0.171 e. The Morgan fingerprint density at radius 2 is 1.90 bits per heavy atom. The van der Waals surface area contributed by atoms with Gasteiger partial charge in [0.2, 0.25) is 0 Å². The molecule has 6 heteroatoms. The van der Waals surface area contributed by atoms with Crippen LogP contribution in [0.1, 0.15) is 45.6 Å². The number of hydrogen-bond acceptors (Lipinski definition) is 4. The van der Waals surface area contributed by atoms with Gasteiger partial charge in [-0.05, 0) is 73.8 Å². The van der Waals surface area contributed by atoms with Gasteiger partial charge in [-0.2, -0.15) is 0 Å². The molecule has 0 spiro atoms. The van der Waals surface area contributed by atoms with E-state index >= 15 is 0 Å². The van der Waals surface area contributed by atoms with Crippen molar-refractivity contribution in [3.63, 3.8) is 0 Å². The van der Waals surface area contributed by atoms with Crippen molar-refractivity contribution in [3.05, 3.63) is 29.8 Å². The zero-order valence-corrected chi connectivity index (χ0v) is 20.3. The average molecular weight is 440 g/mol. The van der Waals surface area contributed by atoms with E-state index in [-0.39, 0.29) is 0 Å². The molecule has 5 nitrogen and oxygen atoms in total. The number of piperazine rings is 1. The molecular weight excluding hydrogens is 402 g/mol. The summed E-state index contributed by atoms with van der Waals surface area (Å²) >= 11 is 5.64. The van der Waals surface area contributed by atoms with Crippen LogP contribution in [0.2, 0.25) is 0 Å². The summed E-state index contributed by atoms with van der Waals surface area (Å²) in [6, 6.07) is 9.08. The first kappa shape index (κ1) is 22.3. The number of aryl methyl sites for hydroxylation is 1. The van der Waals surface area contributed by atoms with Gasteiger partial charge in [-0.15, -0.1) is 0 Å². The van der Waals surface area contributed by atoms with E-state index in [1.54, 1.807) is 0 Å². The van der Waals surface area contributed by atoms with Crippen molar-refractivity contribution in [1.82, 2.24) is 15.2 Å². The first-order chi connectivity index (χ1) is 14.9. The molecule has 0 bridgehead atoms. The van der Waals surface area contributed by atoms with E-state index in [2.05, 4.69) is 72.4 Å². The number of fused-ring (bicyclic) bond motifs is 1. The van der Waals surface area contributed by atoms with Gasteiger partial charge in [-0.1, -0.05) is 33.6 Å². The lowest BCUT2D eigenvalue weighted by molar-refractivity contribution is 0.225. The van der Waals surface area contributed by atoms with Crippen LogP contribution in [0.15, 0.2) is 24.3 Å². The second-order valence-electron chi connectivity index (χ2n) is 9.42. The summed E-state index contributed by atoms with van der Waals surface area (Å²) in [7, 11) is 0. The Morgan fingerprint density at radius 1 is 1.13 bits per heavy atom. The minimum Gasteiger partial charge on any atom is -0.359 e. The number of benzene rings is 1. The fraction of sp³-hybridized carbons (Fsp3) is 0.600. The third-order valence-electron chi connectivity index (χ3n) is 7.43. The number of pyridine rings is 1. The molecule has 4 rings (SSSR count). The molecule has 0 unspecified atom stereocenters. The quantitative estimate of drug-likeness (QED) is 0.668. The average Bonchev–Trinajstić information content (AvgIpc) is 2.77. The van der Waals surface area contributed by atoms with E-state index in [4.69, 9.17) is 17.2 Å². The second kappa shape index (κ2) is 9.70. The van der Waals surface area contributed by atoms with E-state index in [1.807, 2.05) is 0 Å². The van der Waals surface area contributed by atoms with Crippen LogP contribution in [0.25, 0.3) is 10.9 Å². The summed E-state index contributed by atoms with van der Waals surface area (Å²) in [4.78, 5) is 9.88. The van der Waals surface area contributed by atoms with E-state index in [9.17, 15) is 0 Å². The van der Waals surface area contributed by atoms with Crippen molar-refractivity contribution in [2.24, 2.45) is 11.8 Å². The summed E-state index contributed by atoms with van der Waals surface area (Å²) in [6.45, 7) is 14.6. The van der Waals surface area contributed by atoms with Crippen LogP contribution in [0.3, 0.4) is 0 Å². The fourth-order valence-electron chi connectivity index (χ4n) is 5.03. The van der Waals surface area contributed by atoms with Gasteiger partial charge in [0.25, 0.3) is 0 Å². The molecule has 1 aliphatic heterocycles. The third-order valence-corrected chi connectivity index (χ3v) is 7.65. The molecule has 0 amide bonds. The third kappa shape index (κ3) is 5.12. The highest BCUT2D eigenvalue weighted by atomic mass is 32.1. The van der Waals surface area contributed by atoms with Crippen molar-refractivity contribution in [2.45, 2.75) is 53.0 Å². The molecule has 3 atom stereocenters. The molecule has 2 heterocycles. The Morgan fingerprint density at radius 3 is 2.65 bits per heavy atom. The van der Waals surface area contributed by atoms with Crippen LogP contribution >= 0.6 is 12.2 Å². The Balaban J connectivity index is 1.44. The van der Waals surface area contributed by atoms with Crippen LogP contribution < -0.4 is 15.5 Å². The molecule has 1 aromatic heterocycles. The molecule has 31 heavy (non-hydrogen) atoms. The van der Waals surface area contributed by atoms with Gasteiger partial charge in [0, 0.05) is 43.3 Å². The maximum absolute atomic E-state index is 5.64. The summed E-state index contributed by atoms with van der Waals surface area (Å²) in [6.07, 6.45) is 3.80. The normalized spacial score (nSPS) is 24.9. The number of nitrogens with zero attached hydrogens (tertiary/aromatic N) is 3. The standard InChI is InChI=1S/C25H37N5S/c1-5-29-11-13-30(14-12-29)24-15-18(3)21-16-20(9-10-23(21)27-24)26-25(31)28-22-8-6-7-17(2)19(22)4/h9-10,15-17,19,22H,5-8,11-14H2,1-4H3,(H2,26,28,31)/t17-,19-,22+/m0/s1. The number of anilines is 2. The van der Waals surface area contributed by atoms with Gasteiger partial charge in [0.15, 0.2) is 5.11 Å². The lowest BCUT2D eigenvalue weighted by Gasteiger charge is -2.35. The summed E-state index contributed by atoms with van der Waals surface area (Å²) in [5, 5.41) is 8.88. The molecule has 1 aliphatic carbocycles. The van der Waals surface area contributed by atoms with E-state index in [0.29, 0.717) is 12.0 Å². The second-order valence-corrected chi connectivity index (χ2v) is 9.83. The van der Waals surface area contributed by atoms with Gasteiger partial charge in [0.05, 0.1) is 5.52 Å². The molecule has 168 valence electrons.